The fraction of sp³-hybridized carbons (Fsp3) is 0. The second-order valence-electron chi connectivity index (χ2n) is 7.37. The van der Waals surface area contributed by atoms with Crippen LogP contribution in [0.5, 0.6) is 0 Å². The number of imidazole rings is 2. The van der Waals surface area contributed by atoms with Gasteiger partial charge < -0.3 is 32.3 Å². The molecule has 1 amide bonds. The molecule has 9 heteroatoms. The highest BCUT2D eigenvalue weighted by molar-refractivity contribution is 6.01. The average Bonchev–Trinajstić information content (AvgIpc) is 3.41. The van der Waals surface area contributed by atoms with E-state index in [0.29, 0.717) is 17.1 Å². The molecule has 0 saturated carbocycles. The Hall–Kier alpha value is -4.79. The zero-order chi connectivity index (χ0) is 22.4. The number of nitrogens with two attached hydrogens (primary N) is 4. The molecule has 2 aromatic carbocycles. The number of primary amides is 1. The van der Waals surface area contributed by atoms with Crippen LogP contribution in [0.1, 0.15) is 5.56 Å². The number of aromatic amines is 1. The predicted molar refractivity (Wildman–Crippen MR) is 125 cm³/mol. The van der Waals surface area contributed by atoms with Crippen LogP contribution < -0.4 is 22.9 Å². The van der Waals surface area contributed by atoms with Crippen molar-refractivity contribution in [1.29, 1.82) is 0 Å². The maximum absolute atomic E-state index is 11.4. The van der Waals surface area contributed by atoms with Gasteiger partial charge in [0.15, 0.2) is 5.82 Å². The highest BCUT2D eigenvalue weighted by Gasteiger charge is 2.15. The minimum Gasteiger partial charge on any atom is -0.398 e. The van der Waals surface area contributed by atoms with E-state index >= 15 is 0 Å². The van der Waals surface area contributed by atoms with Crippen LogP contribution >= 0.6 is 0 Å². The smallest absolute Gasteiger partial charge is 0.266 e. The Bertz CT molecular complexity index is 1510. The molecule has 0 spiro atoms. The highest BCUT2D eigenvalue weighted by atomic mass is 16.1. The largest absolute Gasteiger partial charge is 0.398 e. The number of hydrogen-bond acceptors (Lipinski definition) is 6. The number of H-pyrrole nitrogens is 1. The molecule has 0 unspecified atom stereocenters. The van der Waals surface area contributed by atoms with Gasteiger partial charge in [-0.1, -0.05) is 30.3 Å². The summed E-state index contributed by atoms with van der Waals surface area (Å²) in [5, 5.41) is 0. The van der Waals surface area contributed by atoms with Gasteiger partial charge in [-0.25, -0.2) is 9.97 Å². The lowest BCUT2D eigenvalue weighted by atomic mass is 9.98. The molecule has 158 valence electrons. The molecular weight excluding hydrogens is 404 g/mol. The first-order chi connectivity index (χ1) is 15.4. The number of amides is 1. The molecule has 0 aliphatic rings. The number of hydrogen-bond donors (Lipinski definition) is 5. The van der Waals surface area contributed by atoms with E-state index in [0.717, 1.165) is 33.5 Å². The van der Waals surface area contributed by atoms with Crippen molar-refractivity contribution in [3.63, 3.8) is 0 Å². The van der Waals surface area contributed by atoms with E-state index in [9.17, 15) is 4.79 Å². The van der Waals surface area contributed by atoms with Crippen molar-refractivity contribution in [2.24, 2.45) is 17.2 Å². The number of carbonyl (C=O) groups excluding carboxylic acids is 1. The monoisotopic (exact) mass is 424 g/mol. The second kappa shape index (κ2) is 7.17. The van der Waals surface area contributed by atoms with Crippen molar-refractivity contribution in [3.05, 3.63) is 78.3 Å². The molecule has 9 N–H and O–H groups in total. The second-order valence-corrected chi connectivity index (χ2v) is 7.37. The summed E-state index contributed by atoms with van der Waals surface area (Å²) in [5.41, 5.74) is 28.9. The lowest BCUT2D eigenvalue weighted by Gasteiger charge is -2.13. The zero-order valence-corrected chi connectivity index (χ0v) is 16.9. The van der Waals surface area contributed by atoms with Crippen LogP contribution in [0.15, 0.2) is 72.7 Å². The summed E-state index contributed by atoms with van der Waals surface area (Å²) in [7, 11) is 0. The topological polar surface area (TPSA) is 167 Å². The summed E-state index contributed by atoms with van der Waals surface area (Å²) >= 11 is 0. The summed E-state index contributed by atoms with van der Waals surface area (Å²) in [6.07, 6.45) is 3.86. The summed E-state index contributed by atoms with van der Waals surface area (Å²) < 4.78 is 1.94. The summed E-state index contributed by atoms with van der Waals surface area (Å²) in [6, 6.07) is 17.0. The Balaban J connectivity index is 1.58. The molecule has 0 fully saturated rings. The van der Waals surface area contributed by atoms with Gasteiger partial charge in [-0.05, 0) is 29.8 Å². The van der Waals surface area contributed by atoms with Crippen LogP contribution in [-0.2, 0) is 4.79 Å². The lowest BCUT2D eigenvalue weighted by Crippen LogP contribution is -2.24. The van der Waals surface area contributed by atoms with Crippen LogP contribution in [0.25, 0.3) is 45.0 Å². The molecule has 0 radical (unpaired) electrons. The third-order valence-corrected chi connectivity index (χ3v) is 5.35. The minimum atomic E-state index is -0.800. The van der Waals surface area contributed by atoms with Gasteiger partial charge in [-0.15, -0.1) is 0 Å². The van der Waals surface area contributed by atoms with Gasteiger partial charge in [0.05, 0.1) is 16.7 Å². The van der Waals surface area contributed by atoms with E-state index in [4.69, 9.17) is 22.9 Å². The van der Waals surface area contributed by atoms with Gasteiger partial charge in [0.25, 0.3) is 5.91 Å². The van der Waals surface area contributed by atoms with E-state index in [1.165, 1.54) is 0 Å². The number of carbonyl (C=O) groups is 1. The minimum absolute atomic E-state index is 0.0496. The number of rotatable bonds is 4. The number of nitrogens with one attached hydrogen (secondary N) is 1. The van der Waals surface area contributed by atoms with E-state index in [1.807, 2.05) is 59.3 Å². The highest BCUT2D eigenvalue weighted by Crippen LogP contribution is 2.33. The van der Waals surface area contributed by atoms with E-state index in [-0.39, 0.29) is 11.4 Å². The first-order valence-electron chi connectivity index (χ1n) is 9.80. The number of nitrogen functional groups attached to an aromatic ring is 1. The Morgan fingerprint density at radius 2 is 1.81 bits per heavy atom. The predicted octanol–water partition coefficient (Wildman–Crippen LogP) is 2.20. The quantitative estimate of drug-likeness (QED) is 0.219. The molecule has 3 heterocycles. The summed E-state index contributed by atoms with van der Waals surface area (Å²) in [4.78, 5) is 24.0. The molecule has 0 atom stereocenters. The van der Waals surface area contributed by atoms with Gasteiger partial charge in [0.2, 0.25) is 0 Å². The van der Waals surface area contributed by atoms with Crippen molar-refractivity contribution in [2.45, 2.75) is 0 Å². The van der Waals surface area contributed by atoms with Gasteiger partial charge in [-0.2, -0.15) is 0 Å². The first-order valence-corrected chi connectivity index (χ1v) is 9.80. The van der Waals surface area contributed by atoms with Gasteiger partial charge in [-0.3, -0.25) is 4.79 Å². The molecule has 3 aromatic heterocycles. The van der Waals surface area contributed by atoms with Crippen LogP contribution in [0, 0.1) is 0 Å². The fourth-order valence-electron chi connectivity index (χ4n) is 3.68. The van der Waals surface area contributed by atoms with E-state index < -0.39 is 5.91 Å². The summed E-state index contributed by atoms with van der Waals surface area (Å²) in [5.74, 6) is -0.130. The molecule has 0 bridgehead atoms. The first kappa shape index (κ1) is 19.2. The Kier molecular flexibility index (Phi) is 4.30. The maximum Gasteiger partial charge on any atom is 0.266 e. The molecule has 32 heavy (non-hydrogen) atoms. The number of benzene rings is 2. The van der Waals surface area contributed by atoms with Gasteiger partial charge in [0.1, 0.15) is 17.0 Å². The van der Waals surface area contributed by atoms with Crippen molar-refractivity contribution < 1.29 is 4.79 Å². The van der Waals surface area contributed by atoms with Crippen LogP contribution in [0.2, 0.25) is 0 Å². The Morgan fingerprint density at radius 3 is 2.59 bits per heavy atom. The zero-order valence-electron chi connectivity index (χ0n) is 16.9. The molecule has 5 aromatic rings. The standard InChI is InChI=1S/C23H20N8O/c24-19-13(4-3-5-14(19)20(25)21(26)22(27)32)12-7-8-15-16(10-12)30-23(29-15)17-11-31-9-2-1-6-18(31)28-17/h1-11H,24-26H2,(H2,27,32)(H,29,30)/b21-20+. The molecule has 9 nitrogen and oxygen atoms in total. The van der Waals surface area contributed by atoms with Crippen LogP contribution in [0.3, 0.4) is 0 Å². The summed E-state index contributed by atoms with van der Waals surface area (Å²) in [6.45, 7) is 0. The third kappa shape index (κ3) is 3.08. The molecule has 0 aliphatic heterocycles. The number of fused-ring (bicyclic) bond motifs is 2. The van der Waals surface area contributed by atoms with Crippen molar-refractivity contribution in [1.82, 2.24) is 19.4 Å². The van der Waals surface area contributed by atoms with E-state index in [2.05, 4.69) is 15.0 Å². The number of pyridine rings is 1. The van der Waals surface area contributed by atoms with E-state index in [1.54, 1.807) is 12.1 Å². The lowest BCUT2D eigenvalue weighted by molar-refractivity contribution is -0.114. The molecule has 0 saturated heterocycles. The maximum atomic E-state index is 11.4. The number of anilines is 1. The van der Waals surface area contributed by atoms with Crippen molar-refractivity contribution in [2.75, 3.05) is 5.73 Å². The third-order valence-electron chi connectivity index (χ3n) is 5.35. The van der Waals surface area contributed by atoms with Crippen LogP contribution in [0.4, 0.5) is 5.69 Å². The fourth-order valence-corrected chi connectivity index (χ4v) is 3.68. The normalized spacial score (nSPS) is 12.2. The van der Waals surface area contributed by atoms with Crippen LogP contribution in [-0.4, -0.2) is 25.3 Å². The molecular formula is C23H20N8O. The SMILES string of the molecule is NC(=O)/C(N)=C(\N)c1cccc(-c2ccc3nc(-c4cn5ccccc5n4)[nH]c3c2)c1N. The Morgan fingerprint density at radius 1 is 0.969 bits per heavy atom. The number of para-hydroxylation sites is 1. The number of aromatic nitrogens is 4. The van der Waals surface area contributed by atoms with Gasteiger partial charge in [0, 0.05) is 29.2 Å². The Labute approximate surface area is 182 Å². The molecule has 0 aliphatic carbocycles. The van der Waals surface area contributed by atoms with Gasteiger partial charge >= 0.3 is 0 Å². The van der Waals surface area contributed by atoms with Crippen molar-refractivity contribution in [3.8, 4) is 22.6 Å². The molecule has 5 rings (SSSR count). The number of nitrogens with zero attached hydrogens (tertiary/aromatic N) is 3. The van der Waals surface area contributed by atoms with Crippen molar-refractivity contribution >= 4 is 34.0 Å². The average molecular weight is 424 g/mol.